The summed E-state index contributed by atoms with van der Waals surface area (Å²) in [6.07, 6.45) is 5.75. The smallest absolute Gasteiger partial charge is 0.248 e. The lowest BCUT2D eigenvalue weighted by molar-refractivity contribution is -0.111. The summed E-state index contributed by atoms with van der Waals surface area (Å²) in [6.45, 7) is 5.63. The number of rotatable bonds is 5. The van der Waals surface area contributed by atoms with Gasteiger partial charge in [-0.2, -0.15) is 0 Å². The Morgan fingerprint density at radius 1 is 1.11 bits per heavy atom. The fraction of sp³-hybridized carbons (Fsp3) is 0.318. The van der Waals surface area contributed by atoms with Crippen molar-refractivity contribution < 1.29 is 4.79 Å². The van der Waals surface area contributed by atoms with Crippen LogP contribution >= 0.6 is 23.2 Å². The SMILES string of the molecule is CC1CCN(Cc2ccc(NC(=O)/C=C/c3ccc(Cl)c(Cl)c3)cc2)CC1. The molecule has 0 aromatic heterocycles. The van der Waals surface area contributed by atoms with E-state index in [2.05, 4.69) is 29.3 Å². The summed E-state index contributed by atoms with van der Waals surface area (Å²) in [6, 6.07) is 13.3. The van der Waals surface area contributed by atoms with Gasteiger partial charge in [0.2, 0.25) is 5.91 Å². The second-order valence-electron chi connectivity index (χ2n) is 7.15. The first kappa shape index (κ1) is 19.9. The minimum atomic E-state index is -0.182. The number of piperidine rings is 1. The molecule has 3 rings (SSSR count). The number of benzene rings is 2. The van der Waals surface area contributed by atoms with E-state index in [9.17, 15) is 4.79 Å². The van der Waals surface area contributed by atoms with Gasteiger partial charge >= 0.3 is 0 Å². The molecule has 1 saturated heterocycles. The molecular weight excluding hydrogens is 379 g/mol. The monoisotopic (exact) mass is 402 g/mol. The minimum Gasteiger partial charge on any atom is -0.323 e. The summed E-state index contributed by atoms with van der Waals surface area (Å²) < 4.78 is 0. The fourth-order valence-corrected chi connectivity index (χ4v) is 3.45. The zero-order valence-corrected chi connectivity index (χ0v) is 16.9. The van der Waals surface area contributed by atoms with E-state index in [1.54, 1.807) is 18.2 Å². The second-order valence-corrected chi connectivity index (χ2v) is 7.97. The number of carbonyl (C=O) groups is 1. The number of amides is 1. The van der Waals surface area contributed by atoms with E-state index in [4.69, 9.17) is 23.2 Å². The number of carbonyl (C=O) groups excluding carboxylic acids is 1. The van der Waals surface area contributed by atoms with E-state index < -0.39 is 0 Å². The Labute approximate surface area is 171 Å². The van der Waals surface area contributed by atoms with Gasteiger partial charge in [-0.3, -0.25) is 9.69 Å². The molecule has 3 nitrogen and oxygen atoms in total. The van der Waals surface area contributed by atoms with Gasteiger partial charge in [0.05, 0.1) is 10.0 Å². The van der Waals surface area contributed by atoms with Crippen LogP contribution < -0.4 is 5.32 Å². The van der Waals surface area contributed by atoms with Crippen molar-refractivity contribution in [1.29, 1.82) is 0 Å². The van der Waals surface area contributed by atoms with Crippen LogP contribution in [-0.4, -0.2) is 23.9 Å². The largest absolute Gasteiger partial charge is 0.323 e. The topological polar surface area (TPSA) is 32.3 Å². The molecule has 2 aromatic carbocycles. The molecule has 0 spiro atoms. The van der Waals surface area contributed by atoms with Crippen LogP contribution in [0.1, 0.15) is 30.9 Å². The quantitative estimate of drug-likeness (QED) is 0.633. The van der Waals surface area contributed by atoms with Crippen molar-refractivity contribution in [3.8, 4) is 0 Å². The Morgan fingerprint density at radius 2 is 1.81 bits per heavy atom. The van der Waals surface area contributed by atoms with Crippen molar-refractivity contribution in [2.24, 2.45) is 5.92 Å². The normalized spacial score (nSPS) is 16.0. The van der Waals surface area contributed by atoms with Crippen LogP contribution in [0.3, 0.4) is 0 Å². The van der Waals surface area contributed by atoms with Crippen molar-refractivity contribution >= 4 is 40.9 Å². The molecule has 0 atom stereocenters. The Bertz CT molecular complexity index is 810. The lowest BCUT2D eigenvalue weighted by Gasteiger charge is -2.30. The lowest BCUT2D eigenvalue weighted by Crippen LogP contribution is -2.32. The molecule has 1 fully saturated rings. The Hall–Kier alpha value is -1.81. The molecule has 1 aliphatic rings. The maximum absolute atomic E-state index is 12.1. The van der Waals surface area contributed by atoms with Gasteiger partial charge in [-0.15, -0.1) is 0 Å². The van der Waals surface area contributed by atoms with Crippen LogP contribution in [0.25, 0.3) is 6.08 Å². The third-order valence-corrected chi connectivity index (χ3v) is 5.61. The summed E-state index contributed by atoms with van der Waals surface area (Å²) in [5.74, 6) is 0.662. The van der Waals surface area contributed by atoms with Gasteiger partial charge in [-0.1, -0.05) is 48.3 Å². The first-order valence-corrected chi connectivity index (χ1v) is 10.0. The molecule has 142 valence electrons. The lowest BCUT2D eigenvalue weighted by atomic mass is 9.99. The van der Waals surface area contributed by atoms with E-state index >= 15 is 0 Å². The highest BCUT2D eigenvalue weighted by Gasteiger charge is 2.15. The fourth-order valence-electron chi connectivity index (χ4n) is 3.14. The standard InChI is InChI=1S/C22H24Cl2N2O/c1-16-10-12-26(13-11-16)15-18-2-6-19(7-3-18)25-22(27)9-5-17-4-8-20(23)21(24)14-17/h2-9,14,16H,10-13,15H2,1H3,(H,25,27)/b9-5+. The van der Waals surface area contributed by atoms with Crippen LogP contribution in [0.4, 0.5) is 5.69 Å². The molecule has 1 heterocycles. The summed E-state index contributed by atoms with van der Waals surface area (Å²) in [4.78, 5) is 14.6. The average molecular weight is 403 g/mol. The van der Waals surface area contributed by atoms with Crippen LogP contribution in [-0.2, 0) is 11.3 Å². The Kier molecular flexibility index (Phi) is 6.95. The predicted octanol–water partition coefficient (Wildman–Crippen LogP) is 5.88. The number of hydrogen-bond acceptors (Lipinski definition) is 2. The highest BCUT2D eigenvalue weighted by Crippen LogP contribution is 2.23. The van der Waals surface area contributed by atoms with E-state index in [-0.39, 0.29) is 5.91 Å². The zero-order valence-electron chi connectivity index (χ0n) is 15.4. The third kappa shape index (κ3) is 6.10. The summed E-state index contributed by atoms with van der Waals surface area (Å²) >= 11 is 11.9. The molecule has 27 heavy (non-hydrogen) atoms. The van der Waals surface area contributed by atoms with Gasteiger partial charge in [0.15, 0.2) is 0 Å². The van der Waals surface area contributed by atoms with Gasteiger partial charge in [0.1, 0.15) is 0 Å². The molecule has 0 bridgehead atoms. The highest BCUT2D eigenvalue weighted by molar-refractivity contribution is 6.42. The van der Waals surface area contributed by atoms with E-state index in [0.717, 1.165) is 23.7 Å². The van der Waals surface area contributed by atoms with Crippen molar-refractivity contribution in [3.05, 3.63) is 69.7 Å². The zero-order chi connectivity index (χ0) is 19.2. The predicted molar refractivity (Wildman–Crippen MR) is 114 cm³/mol. The van der Waals surface area contributed by atoms with E-state index in [1.165, 1.54) is 37.6 Å². The molecule has 1 N–H and O–H groups in total. The Balaban J connectivity index is 1.52. The van der Waals surface area contributed by atoms with Crippen molar-refractivity contribution in [2.45, 2.75) is 26.3 Å². The number of hydrogen-bond donors (Lipinski definition) is 1. The summed E-state index contributed by atoms with van der Waals surface area (Å²) in [5, 5.41) is 3.84. The third-order valence-electron chi connectivity index (χ3n) is 4.87. The molecule has 1 amide bonds. The first-order valence-electron chi connectivity index (χ1n) is 9.25. The van der Waals surface area contributed by atoms with Gasteiger partial charge in [-0.05, 0) is 73.3 Å². The molecule has 2 aromatic rings. The van der Waals surface area contributed by atoms with Crippen LogP contribution in [0.5, 0.6) is 0 Å². The number of halogens is 2. The van der Waals surface area contributed by atoms with Gasteiger partial charge in [-0.25, -0.2) is 0 Å². The molecule has 0 aliphatic carbocycles. The Morgan fingerprint density at radius 3 is 2.48 bits per heavy atom. The minimum absolute atomic E-state index is 0.182. The van der Waals surface area contributed by atoms with Crippen molar-refractivity contribution in [1.82, 2.24) is 4.90 Å². The summed E-state index contributed by atoms with van der Waals surface area (Å²) in [5.41, 5.74) is 2.88. The van der Waals surface area contributed by atoms with Crippen molar-refractivity contribution in [2.75, 3.05) is 18.4 Å². The number of likely N-dealkylation sites (tertiary alicyclic amines) is 1. The maximum Gasteiger partial charge on any atom is 0.248 e. The molecule has 0 unspecified atom stereocenters. The molecular formula is C22H24Cl2N2O. The highest BCUT2D eigenvalue weighted by atomic mass is 35.5. The van der Waals surface area contributed by atoms with Crippen LogP contribution in [0, 0.1) is 5.92 Å². The number of nitrogens with zero attached hydrogens (tertiary/aromatic N) is 1. The molecule has 0 radical (unpaired) electrons. The average Bonchev–Trinajstić information content (AvgIpc) is 2.66. The van der Waals surface area contributed by atoms with Crippen LogP contribution in [0.15, 0.2) is 48.5 Å². The van der Waals surface area contributed by atoms with E-state index in [0.29, 0.717) is 10.0 Å². The molecule has 1 aliphatic heterocycles. The number of anilines is 1. The van der Waals surface area contributed by atoms with Crippen LogP contribution in [0.2, 0.25) is 10.0 Å². The van der Waals surface area contributed by atoms with E-state index in [1.807, 2.05) is 18.2 Å². The molecule has 5 heteroatoms. The first-order chi connectivity index (χ1) is 13.0. The van der Waals surface area contributed by atoms with Gasteiger partial charge < -0.3 is 5.32 Å². The maximum atomic E-state index is 12.1. The van der Waals surface area contributed by atoms with Gasteiger partial charge in [0, 0.05) is 18.3 Å². The second kappa shape index (κ2) is 9.41. The van der Waals surface area contributed by atoms with Crippen molar-refractivity contribution in [3.63, 3.8) is 0 Å². The summed E-state index contributed by atoms with van der Waals surface area (Å²) in [7, 11) is 0. The molecule has 0 saturated carbocycles. The number of nitrogens with one attached hydrogen (secondary N) is 1. The van der Waals surface area contributed by atoms with Gasteiger partial charge in [0.25, 0.3) is 0 Å².